The molecule has 4 N–H and O–H groups in total. The van der Waals surface area contributed by atoms with Crippen molar-refractivity contribution in [2.24, 2.45) is 5.92 Å². The van der Waals surface area contributed by atoms with E-state index >= 15 is 0 Å². The SMILES string of the molecule is Cc1cccc(C)c1NC(=O)CNC(=O)[C@@H](C)[NH2+][C@@H](c1ccc(C(C)(C)C)cc1)C(C)C. The van der Waals surface area contributed by atoms with Crippen molar-refractivity contribution in [2.75, 3.05) is 11.9 Å². The highest BCUT2D eigenvalue weighted by Crippen LogP contribution is 2.25. The van der Waals surface area contributed by atoms with Gasteiger partial charge in [-0.05, 0) is 42.9 Å². The number of anilines is 1. The van der Waals surface area contributed by atoms with Crippen molar-refractivity contribution in [1.82, 2.24) is 5.32 Å². The molecule has 0 radical (unpaired) electrons. The molecule has 0 aromatic heterocycles. The molecule has 0 bridgehead atoms. The third kappa shape index (κ3) is 6.92. The first-order chi connectivity index (χ1) is 14.9. The van der Waals surface area contributed by atoms with Gasteiger partial charge >= 0.3 is 0 Å². The lowest BCUT2D eigenvalue weighted by molar-refractivity contribution is -0.719. The zero-order valence-corrected chi connectivity index (χ0v) is 20.9. The molecule has 0 aliphatic heterocycles. The Bertz CT molecular complexity index is 907. The van der Waals surface area contributed by atoms with Crippen molar-refractivity contribution in [3.63, 3.8) is 0 Å². The summed E-state index contributed by atoms with van der Waals surface area (Å²) in [4.78, 5) is 25.1. The highest BCUT2D eigenvalue weighted by molar-refractivity contribution is 5.96. The van der Waals surface area contributed by atoms with Gasteiger partial charge < -0.3 is 16.0 Å². The number of amides is 2. The Kier molecular flexibility index (Phi) is 8.62. The molecule has 2 aromatic rings. The Labute approximate surface area is 193 Å². The number of quaternary nitrogens is 1. The molecule has 5 heteroatoms. The van der Waals surface area contributed by atoms with Gasteiger partial charge in [0.2, 0.25) is 5.91 Å². The van der Waals surface area contributed by atoms with Crippen LogP contribution in [0.25, 0.3) is 0 Å². The van der Waals surface area contributed by atoms with Crippen LogP contribution in [0.3, 0.4) is 0 Å². The molecule has 2 aromatic carbocycles. The van der Waals surface area contributed by atoms with E-state index in [0.29, 0.717) is 5.92 Å². The minimum Gasteiger partial charge on any atom is -0.342 e. The van der Waals surface area contributed by atoms with Crippen molar-refractivity contribution in [1.29, 1.82) is 0 Å². The summed E-state index contributed by atoms with van der Waals surface area (Å²) in [6.07, 6.45) is 0. The van der Waals surface area contributed by atoms with Gasteiger partial charge in [0.25, 0.3) is 5.91 Å². The molecule has 2 atom stereocenters. The van der Waals surface area contributed by atoms with E-state index in [2.05, 4.69) is 74.8 Å². The fourth-order valence-electron chi connectivity index (χ4n) is 3.85. The average molecular weight is 439 g/mol. The smallest absolute Gasteiger partial charge is 0.278 e. The van der Waals surface area contributed by atoms with Gasteiger partial charge in [-0.25, -0.2) is 0 Å². The van der Waals surface area contributed by atoms with Crippen LogP contribution in [0.1, 0.15) is 69.8 Å². The van der Waals surface area contributed by atoms with E-state index < -0.39 is 0 Å². The van der Waals surface area contributed by atoms with Crippen LogP contribution in [0, 0.1) is 19.8 Å². The third-order valence-corrected chi connectivity index (χ3v) is 5.96. The number of hydrogen-bond donors (Lipinski definition) is 3. The van der Waals surface area contributed by atoms with Crippen molar-refractivity contribution < 1.29 is 14.9 Å². The number of rotatable bonds is 8. The average Bonchev–Trinajstić information content (AvgIpc) is 2.72. The van der Waals surface area contributed by atoms with Crippen molar-refractivity contribution >= 4 is 17.5 Å². The number of para-hydroxylation sites is 1. The standard InChI is InChI=1S/C27H39N3O2/c1-17(2)24(21-12-14-22(15-13-21)27(6,7)8)29-20(5)26(32)28-16-23(31)30-25-18(3)10-9-11-19(25)4/h9-15,17,20,24,29H,16H2,1-8H3,(H,28,32)(H,30,31)/p+1/t20-,24-/m1/s1. The van der Waals surface area contributed by atoms with Gasteiger partial charge in [-0.1, -0.05) is 77.1 Å². The van der Waals surface area contributed by atoms with Crippen LogP contribution in [0.5, 0.6) is 0 Å². The molecule has 0 unspecified atom stereocenters. The minimum absolute atomic E-state index is 0.0442. The lowest BCUT2D eigenvalue weighted by Gasteiger charge is -2.25. The van der Waals surface area contributed by atoms with Crippen molar-refractivity contribution in [2.45, 2.75) is 72.9 Å². The van der Waals surface area contributed by atoms with Crippen LogP contribution in [0.4, 0.5) is 5.69 Å². The molecule has 0 aliphatic carbocycles. The third-order valence-electron chi connectivity index (χ3n) is 5.96. The van der Waals surface area contributed by atoms with Crippen LogP contribution >= 0.6 is 0 Å². The number of nitrogens with one attached hydrogen (secondary N) is 2. The Balaban J connectivity index is 1.96. The van der Waals surface area contributed by atoms with E-state index in [9.17, 15) is 9.59 Å². The number of carbonyl (C=O) groups excluding carboxylic acids is 2. The lowest BCUT2D eigenvalue weighted by atomic mass is 9.85. The number of hydrogen-bond acceptors (Lipinski definition) is 2. The van der Waals surface area contributed by atoms with Gasteiger partial charge in [0.05, 0.1) is 6.54 Å². The first-order valence-electron chi connectivity index (χ1n) is 11.5. The summed E-state index contributed by atoms with van der Waals surface area (Å²) < 4.78 is 0. The van der Waals surface area contributed by atoms with Gasteiger partial charge in [-0.3, -0.25) is 9.59 Å². The molecule has 0 fully saturated rings. The van der Waals surface area contributed by atoms with Crippen molar-refractivity contribution in [3.05, 3.63) is 64.7 Å². The number of nitrogens with two attached hydrogens (primary N) is 1. The Morgan fingerprint density at radius 2 is 1.50 bits per heavy atom. The van der Waals surface area contributed by atoms with E-state index in [4.69, 9.17) is 0 Å². The molecule has 5 nitrogen and oxygen atoms in total. The largest absolute Gasteiger partial charge is 0.342 e. The molecule has 0 saturated heterocycles. The molecular formula is C27H40N3O2+. The maximum Gasteiger partial charge on any atom is 0.278 e. The summed E-state index contributed by atoms with van der Waals surface area (Å²) in [6.45, 7) is 16.7. The molecule has 0 heterocycles. The number of carbonyl (C=O) groups is 2. The van der Waals surface area contributed by atoms with E-state index in [1.54, 1.807) is 0 Å². The summed E-state index contributed by atoms with van der Waals surface area (Å²) in [6, 6.07) is 14.4. The molecular weight excluding hydrogens is 398 g/mol. The van der Waals surface area contributed by atoms with Crippen LogP contribution in [0.2, 0.25) is 0 Å². The highest BCUT2D eigenvalue weighted by Gasteiger charge is 2.26. The van der Waals surface area contributed by atoms with E-state index in [-0.39, 0.29) is 35.9 Å². The topological polar surface area (TPSA) is 74.8 Å². The first-order valence-corrected chi connectivity index (χ1v) is 11.5. The molecule has 0 aliphatic rings. The van der Waals surface area contributed by atoms with E-state index in [1.807, 2.05) is 39.0 Å². The van der Waals surface area contributed by atoms with Gasteiger partial charge in [-0.2, -0.15) is 0 Å². The Morgan fingerprint density at radius 3 is 2.00 bits per heavy atom. The number of benzene rings is 2. The van der Waals surface area contributed by atoms with Gasteiger partial charge in [0.1, 0.15) is 6.04 Å². The molecule has 2 amide bonds. The normalized spacial score (nSPS) is 13.5. The second kappa shape index (κ2) is 10.8. The molecule has 2 rings (SSSR count). The monoisotopic (exact) mass is 438 g/mol. The van der Waals surface area contributed by atoms with Crippen LogP contribution < -0.4 is 16.0 Å². The van der Waals surface area contributed by atoms with E-state index in [1.165, 1.54) is 11.1 Å². The molecule has 0 saturated carbocycles. The first kappa shape index (κ1) is 25.6. The minimum atomic E-state index is -0.308. The zero-order chi connectivity index (χ0) is 24.1. The second-order valence-electron chi connectivity index (χ2n) is 10.2. The maximum absolute atomic E-state index is 12.7. The predicted octanol–water partition coefficient (Wildman–Crippen LogP) is 4.00. The fraction of sp³-hybridized carbons (Fsp3) is 0.481. The summed E-state index contributed by atoms with van der Waals surface area (Å²) >= 11 is 0. The van der Waals surface area contributed by atoms with Gasteiger partial charge in [-0.15, -0.1) is 0 Å². The molecule has 174 valence electrons. The summed E-state index contributed by atoms with van der Waals surface area (Å²) in [5, 5.41) is 7.79. The predicted molar refractivity (Wildman–Crippen MR) is 132 cm³/mol. The van der Waals surface area contributed by atoms with Gasteiger partial charge in [0, 0.05) is 17.2 Å². The fourth-order valence-corrected chi connectivity index (χ4v) is 3.85. The number of aryl methyl sites for hydroxylation is 2. The quantitative estimate of drug-likeness (QED) is 0.583. The molecule has 32 heavy (non-hydrogen) atoms. The Hall–Kier alpha value is -2.66. The van der Waals surface area contributed by atoms with E-state index in [0.717, 1.165) is 16.8 Å². The second-order valence-corrected chi connectivity index (χ2v) is 10.2. The van der Waals surface area contributed by atoms with Crippen LogP contribution in [-0.4, -0.2) is 24.4 Å². The highest BCUT2D eigenvalue weighted by atomic mass is 16.2. The Morgan fingerprint density at radius 1 is 0.938 bits per heavy atom. The zero-order valence-electron chi connectivity index (χ0n) is 20.9. The van der Waals surface area contributed by atoms with Crippen LogP contribution in [-0.2, 0) is 15.0 Å². The van der Waals surface area contributed by atoms with Crippen molar-refractivity contribution in [3.8, 4) is 0 Å². The van der Waals surface area contributed by atoms with Crippen LogP contribution in [0.15, 0.2) is 42.5 Å². The maximum atomic E-state index is 12.7. The summed E-state index contributed by atoms with van der Waals surface area (Å²) in [5.74, 6) is -0.00203. The molecule has 0 spiro atoms. The summed E-state index contributed by atoms with van der Waals surface area (Å²) in [5.41, 5.74) is 5.43. The van der Waals surface area contributed by atoms with Gasteiger partial charge in [0.15, 0.2) is 6.04 Å². The summed E-state index contributed by atoms with van der Waals surface area (Å²) in [7, 11) is 0. The lowest BCUT2D eigenvalue weighted by Crippen LogP contribution is -2.93.